The molecule has 1 saturated heterocycles. The van der Waals surface area contributed by atoms with E-state index in [1.165, 1.54) is 24.3 Å². The van der Waals surface area contributed by atoms with E-state index in [2.05, 4.69) is 10.7 Å². The van der Waals surface area contributed by atoms with Gasteiger partial charge in [-0.2, -0.15) is 0 Å². The second kappa shape index (κ2) is 5.05. The molecule has 0 aromatic heterocycles. The van der Waals surface area contributed by atoms with Crippen molar-refractivity contribution in [3.63, 3.8) is 0 Å². The number of hydrogen-bond donors (Lipinski definition) is 1. The second-order valence-electron chi connectivity index (χ2n) is 3.61. The zero-order chi connectivity index (χ0) is 11.4. The molecule has 4 nitrogen and oxygen atoms in total. The molecule has 1 aliphatic heterocycles. The summed E-state index contributed by atoms with van der Waals surface area (Å²) in [7, 11) is 0. The van der Waals surface area contributed by atoms with Crippen molar-refractivity contribution < 1.29 is 9.18 Å². The van der Waals surface area contributed by atoms with Crippen LogP contribution in [0.1, 0.15) is 10.4 Å². The smallest absolute Gasteiger partial charge is 0.265 e. The Morgan fingerprint density at radius 3 is 2.50 bits per heavy atom. The molecule has 1 aliphatic rings. The van der Waals surface area contributed by atoms with Crippen LogP contribution in [-0.4, -0.2) is 37.1 Å². The van der Waals surface area contributed by atoms with Crippen LogP contribution < -0.4 is 10.7 Å². The molecule has 0 atom stereocenters. The van der Waals surface area contributed by atoms with Gasteiger partial charge in [-0.15, -0.1) is 0 Å². The fraction of sp³-hybridized carbons (Fsp3) is 0.364. The predicted molar refractivity (Wildman–Crippen MR) is 57.3 cm³/mol. The van der Waals surface area contributed by atoms with Crippen LogP contribution in [0.15, 0.2) is 24.3 Å². The van der Waals surface area contributed by atoms with Crippen LogP contribution in [0.25, 0.3) is 0 Å². The quantitative estimate of drug-likeness (QED) is 0.787. The van der Waals surface area contributed by atoms with Crippen LogP contribution in [0.5, 0.6) is 0 Å². The molecular formula is C11H13FN3O. The highest BCUT2D eigenvalue weighted by Crippen LogP contribution is 2.03. The van der Waals surface area contributed by atoms with Gasteiger partial charge in [0, 0.05) is 31.7 Å². The molecule has 0 saturated carbocycles. The monoisotopic (exact) mass is 222 g/mol. The van der Waals surface area contributed by atoms with Gasteiger partial charge >= 0.3 is 0 Å². The van der Waals surface area contributed by atoms with Crippen molar-refractivity contribution >= 4 is 5.91 Å². The van der Waals surface area contributed by atoms with Crippen LogP contribution in [0.2, 0.25) is 0 Å². The maximum atomic E-state index is 12.7. The Balaban J connectivity index is 1.94. The van der Waals surface area contributed by atoms with E-state index >= 15 is 0 Å². The Morgan fingerprint density at radius 1 is 1.25 bits per heavy atom. The SMILES string of the molecule is O=C(NN1CC[N]CC1)c1ccc(F)cc1. The van der Waals surface area contributed by atoms with Gasteiger partial charge in [-0.3, -0.25) is 10.2 Å². The molecule has 1 radical (unpaired) electrons. The zero-order valence-electron chi connectivity index (χ0n) is 8.82. The number of hydrazine groups is 1. The van der Waals surface area contributed by atoms with Crippen molar-refractivity contribution in [2.75, 3.05) is 26.2 Å². The molecule has 85 valence electrons. The van der Waals surface area contributed by atoms with Gasteiger partial charge in [0.25, 0.3) is 5.91 Å². The van der Waals surface area contributed by atoms with E-state index < -0.39 is 0 Å². The lowest BCUT2D eigenvalue weighted by atomic mass is 10.2. The van der Waals surface area contributed by atoms with E-state index in [1.54, 1.807) is 0 Å². The van der Waals surface area contributed by atoms with Gasteiger partial charge in [0.05, 0.1) is 0 Å². The summed E-state index contributed by atoms with van der Waals surface area (Å²) in [4.78, 5) is 11.7. The number of nitrogens with one attached hydrogen (secondary N) is 1. The molecule has 1 aromatic rings. The Labute approximate surface area is 93.4 Å². The summed E-state index contributed by atoms with van der Waals surface area (Å²) in [5.74, 6) is -0.546. The summed E-state index contributed by atoms with van der Waals surface area (Å²) < 4.78 is 12.7. The highest BCUT2D eigenvalue weighted by molar-refractivity contribution is 5.93. The molecule has 0 bridgehead atoms. The molecule has 1 amide bonds. The average Bonchev–Trinajstić information content (AvgIpc) is 2.31. The average molecular weight is 222 g/mol. The maximum absolute atomic E-state index is 12.7. The minimum atomic E-state index is -0.340. The third-order valence-corrected chi connectivity index (χ3v) is 2.42. The van der Waals surface area contributed by atoms with Crippen molar-refractivity contribution in [1.82, 2.24) is 15.8 Å². The number of benzene rings is 1. The Kier molecular flexibility index (Phi) is 3.48. The fourth-order valence-electron chi connectivity index (χ4n) is 1.53. The number of carbonyl (C=O) groups excluding carboxylic acids is 1. The molecule has 0 unspecified atom stereocenters. The van der Waals surface area contributed by atoms with Crippen molar-refractivity contribution in [1.29, 1.82) is 0 Å². The van der Waals surface area contributed by atoms with Gasteiger partial charge in [0.15, 0.2) is 0 Å². The highest BCUT2D eigenvalue weighted by Gasteiger charge is 2.13. The van der Waals surface area contributed by atoms with Gasteiger partial charge < -0.3 is 0 Å². The van der Waals surface area contributed by atoms with Gasteiger partial charge in [-0.05, 0) is 24.3 Å². The molecule has 1 aromatic carbocycles. The van der Waals surface area contributed by atoms with Gasteiger partial charge in [0.2, 0.25) is 0 Å². The molecular weight excluding hydrogens is 209 g/mol. The maximum Gasteiger partial charge on any atom is 0.265 e. The number of amides is 1. The number of piperazine rings is 1. The largest absolute Gasteiger partial charge is 0.285 e. The van der Waals surface area contributed by atoms with E-state index in [0.717, 1.165) is 26.2 Å². The molecule has 0 aliphatic carbocycles. The lowest BCUT2D eigenvalue weighted by molar-refractivity contribution is 0.0763. The summed E-state index contributed by atoms with van der Waals surface area (Å²) in [6.45, 7) is 2.94. The summed E-state index contributed by atoms with van der Waals surface area (Å²) in [5, 5.41) is 6.01. The van der Waals surface area contributed by atoms with E-state index in [9.17, 15) is 9.18 Å². The molecule has 16 heavy (non-hydrogen) atoms. The van der Waals surface area contributed by atoms with Crippen LogP contribution in [-0.2, 0) is 0 Å². The third kappa shape index (κ3) is 2.77. The summed E-state index contributed by atoms with van der Waals surface area (Å²) in [6.07, 6.45) is 0. The van der Waals surface area contributed by atoms with Crippen molar-refractivity contribution in [3.8, 4) is 0 Å². The number of hydrogen-bond acceptors (Lipinski definition) is 2. The minimum Gasteiger partial charge on any atom is -0.285 e. The normalized spacial score (nSPS) is 17.1. The van der Waals surface area contributed by atoms with Crippen molar-refractivity contribution in [3.05, 3.63) is 35.6 Å². The standard InChI is InChI=1S/C11H13FN3O/c12-10-3-1-9(2-4-10)11(16)14-15-7-5-13-6-8-15/h1-4H,5-8H2,(H,14,16). The second-order valence-corrected chi connectivity index (χ2v) is 3.61. The predicted octanol–water partition coefficient (Wildman–Crippen LogP) is 0.390. The van der Waals surface area contributed by atoms with Crippen LogP contribution in [0.3, 0.4) is 0 Å². The van der Waals surface area contributed by atoms with Gasteiger partial charge in [-0.25, -0.2) is 14.7 Å². The van der Waals surface area contributed by atoms with E-state index in [1.807, 2.05) is 5.01 Å². The summed E-state index contributed by atoms with van der Waals surface area (Å²) in [6, 6.07) is 5.50. The Hall–Kier alpha value is -1.46. The molecule has 5 heteroatoms. The lowest BCUT2D eigenvalue weighted by Crippen LogP contribution is -2.50. The molecule has 1 fully saturated rings. The minimum absolute atomic E-state index is 0.207. The van der Waals surface area contributed by atoms with E-state index in [0.29, 0.717) is 5.56 Å². The lowest BCUT2D eigenvalue weighted by Gasteiger charge is -2.26. The van der Waals surface area contributed by atoms with Crippen LogP contribution in [0, 0.1) is 5.82 Å². The van der Waals surface area contributed by atoms with Crippen LogP contribution in [0.4, 0.5) is 4.39 Å². The number of rotatable bonds is 2. The molecule has 2 rings (SSSR count). The van der Waals surface area contributed by atoms with Crippen LogP contribution >= 0.6 is 0 Å². The summed E-state index contributed by atoms with van der Waals surface area (Å²) >= 11 is 0. The number of halogens is 1. The highest BCUT2D eigenvalue weighted by atomic mass is 19.1. The Bertz CT molecular complexity index is 360. The van der Waals surface area contributed by atoms with Crippen molar-refractivity contribution in [2.45, 2.75) is 0 Å². The molecule has 0 spiro atoms. The van der Waals surface area contributed by atoms with Gasteiger partial charge in [0.1, 0.15) is 5.82 Å². The fourth-order valence-corrected chi connectivity index (χ4v) is 1.53. The van der Waals surface area contributed by atoms with Crippen molar-refractivity contribution in [2.24, 2.45) is 0 Å². The number of nitrogens with zero attached hydrogens (tertiary/aromatic N) is 2. The van der Waals surface area contributed by atoms with E-state index in [-0.39, 0.29) is 11.7 Å². The zero-order valence-corrected chi connectivity index (χ0v) is 8.82. The number of carbonyl (C=O) groups is 1. The molecule has 1 N–H and O–H groups in total. The molecule has 1 heterocycles. The first kappa shape index (κ1) is 11.0. The first-order valence-corrected chi connectivity index (χ1v) is 5.20. The topological polar surface area (TPSA) is 46.4 Å². The summed E-state index contributed by atoms with van der Waals surface area (Å²) in [5.41, 5.74) is 3.23. The first-order chi connectivity index (χ1) is 7.75. The van der Waals surface area contributed by atoms with Gasteiger partial charge in [-0.1, -0.05) is 0 Å². The third-order valence-electron chi connectivity index (χ3n) is 2.42. The Morgan fingerprint density at radius 2 is 1.88 bits per heavy atom. The van der Waals surface area contributed by atoms with E-state index in [4.69, 9.17) is 0 Å². The first-order valence-electron chi connectivity index (χ1n) is 5.20.